The number of hydrogen-bond acceptors (Lipinski definition) is 5. The minimum absolute atomic E-state index is 0.0519. The second kappa shape index (κ2) is 6.59. The van der Waals surface area contributed by atoms with Crippen molar-refractivity contribution in [3.05, 3.63) is 47.5 Å². The normalized spacial score (nSPS) is 17.1. The minimum atomic E-state index is -0.845. The van der Waals surface area contributed by atoms with Crippen LogP contribution in [-0.2, 0) is 16.1 Å². The molecule has 4 rings (SSSR count). The molecule has 2 aromatic carbocycles. The quantitative estimate of drug-likeness (QED) is 0.878. The maximum Gasteiger partial charge on any atom is 0.266 e. The number of nitrogens with one attached hydrogen (secondary N) is 2. The van der Waals surface area contributed by atoms with Gasteiger partial charge in [0.2, 0.25) is 12.7 Å². The Hall–Kier alpha value is -3.22. The molecule has 0 aromatic heterocycles. The molecule has 0 bridgehead atoms. The number of ether oxygens (including phenoxy) is 3. The monoisotopic (exact) mass is 354 g/mol. The zero-order chi connectivity index (χ0) is 18.1. The van der Waals surface area contributed by atoms with E-state index in [9.17, 15) is 9.59 Å². The number of carbonyl (C=O) groups excluding carboxylic acids is 2. The Bertz CT molecular complexity index is 880. The molecule has 0 aliphatic carbocycles. The molecule has 1 atom stereocenters. The van der Waals surface area contributed by atoms with Gasteiger partial charge in [-0.2, -0.15) is 0 Å². The maximum absolute atomic E-state index is 12.2. The van der Waals surface area contributed by atoms with E-state index in [1.165, 1.54) is 0 Å². The largest absolute Gasteiger partial charge is 0.478 e. The van der Waals surface area contributed by atoms with Crippen molar-refractivity contribution in [1.82, 2.24) is 5.32 Å². The number of aryl methyl sites for hydroxylation is 1. The highest BCUT2D eigenvalue weighted by Gasteiger charge is 2.29. The molecular formula is C19H18N2O5. The molecule has 0 fully saturated rings. The molecule has 0 saturated heterocycles. The zero-order valence-corrected chi connectivity index (χ0v) is 14.2. The van der Waals surface area contributed by atoms with Gasteiger partial charge < -0.3 is 24.8 Å². The first kappa shape index (κ1) is 16.3. The molecule has 134 valence electrons. The Morgan fingerprint density at radius 3 is 2.85 bits per heavy atom. The number of carbonyl (C=O) groups is 2. The van der Waals surface area contributed by atoms with E-state index in [2.05, 4.69) is 10.6 Å². The highest BCUT2D eigenvalue weighted by Crippen LogP contribution is 2.33. The third-order valence-corrected chi connectivity index (χ3v) is 4.25. The Morgan fingerprint density at radius 1 is 1.15 bits per heavy atom. The number of hydrogen-bond donors (Lipinski definition) is 2. The van der Waals surface area contributed by atoms with E-state index in [4.69, 9.17) is 14.2 Å². The summed E-state index contributed by atoms with van der Waals surface area (Å²) in [6, 6.07) is 11.0. The van der Waals surface area contributed by atoms with Crippen molar-refractivity contribution in [3.8, 4) is 17.2 Å². The van der Waals surface area contributed by atoms with Gasteiger partial charge in [0.1, 0.15) is 5.75 Å². The lowest BCUT2D eigenvalue weighted by atomic mass is 10.1. The number of fused-ring (bicyclic) bond motifs is 2. The van der Waals surface area contributed by atoms with Gasteiger partial charge in [-0.05, 0) is 42.3 Å². The molecule has 7 heteroatoms. The Morgan fingerprint density at radius 2 is 1.96 bits per heavy atom. The summed E-state index contributed by atoms with van der Waals surface area (Å²) in [5, 5.41) is 5.58. The van der Waals surface area contributed by atoms with E-state index in [1.807, 2.05) is 31.2 Å². The van der Waals surface area contributed by atoms with Gasteiger partial charge in [0, 0.05) is 6.54 Å². The van der Waals surface area contributed by atoms with Gasteiger partial charge in [-0.3, -0.25) is 9.59 Å². The standard InChI is InChI=1S/C19H18N2O5/c1-11-2-4-14-13(6-11)21-19(23)17(26-14)8-18(22)20-9-12-3-5-15-16(7-12)25-10-24-15/h2-7,17H,8-10H2,1H3,(H,20,22)(H,21,23). The average molecular weight is 354 g/mol. The lowest BCUT2D eigenvalue weighted by molar-refractivity contribution is -0.130. The number of anilines is 1. The molecule has 2 heterocycles. The Kier molecular flexibility index (Phi) is 4.12. The Labute approximate surface area is 150 Å². The van der Waals surface area contributed by atoms with Crippen LogP contribution in [0.5, 0.6) is 17.2 Å². The van der Waals surface area contributed by atoms with E-state index in [-0.39, 0.29) is 25.0 Å². The lowest BCUT2D eigenvalue weighted by Crippen LogP contribution is -2.40. The van der Waals surface area contributed by atoms with Crippen molar-refractivity contribution in [3.63, 3.8) is 0 Å². The fourth-order valence-corrected chi connectivity index (χ4v) is 2.89. The lowest BCUT2D eigenvalue weighted by Gasteiger charge is -2.25. The second-order valence-electron chi connectivity index (χ2n) is 6.26. The fourth-order valence-electron chi connectivity index (χ4n) is 2.89. The van der Waals surface area contributed by atoms with Crippen LogP contribution < -0.4 is 24.8 Å². The minimum Gasteiger partial charge on any atom is -0.478 e. The SMILES string of the molecule is Cc1ccc2c(c1)NC(=O)C(CC(=O)NCc1ccc3c(c1)OCO3)O2. The van der Waals surface area contributed by atoms with E-state index in [0.29, 0.717) is 29.5 Å². The molecule has 2 aromatic rings. The van der Waals surface area contributed by atoms with Crippen LogP contribution in [0.3, 0.4) is 0 Å². The van der Waals surface area contributed by atoms with Crippen LogP contribution in [0.4, 0.5) is 5.69 Å². The molecule has 2 aliphatic rings. The first-order chi connectivity index (χ1) is 12.6. The van der Waals surface area contributed by atoms with Gasteiger partial charge >= 0.3 is 0 Å². The summed E-state index contributed by atoms with van der Waals surface area (Å²) in [7, 11) is 0. The highest BCUT2D eigenvalue weighted by atomic mass is 16.7. The zero-order valence-electron chi connectivity index (χ0n) is 14.2. The summed E-state index contributed by atoms with van der Waals surface area (Å²) in [4.78, 5) is 24.4. The van der Waals surface area contributed by atoms with E-state index in [0.717, 1.165) is 11.1 Å². The molecule has 1 unspecified atom stereocenters. The van der Waals surface area contributed by atoms with Crippen LogP contribution in [0.15, 0.2) is 36.4 Å². The molecule has 7 nitrogen and oxygen atoms in total. The van der Waals surface area contributed by atoms with Crippen molar-refractivity contribution >= 4 is 17.5 Å². The molecule has 2 aliphatic heterocycles. The van der Waals surface area contributed by atoms with E-state index < -0.39 is 6.10 Å². The van der Waals surface area contributed by atoms with Crippen LogP contribution in [-0.4, -0.2) is 24.7 Å². The topological polar surface area (TPSA) is 85.9 Å². The number of amides is 2. The van der Waals surface area contributed by atoms with Crippen molar-refractivity contribution < 1.29 is 23.8 Å². The smallest absolute Gasteiger partial charge is 0.266 e. The molecule has 0 spiro atoms. The maximum atomic E-state index is 12.2. The van der Waals surface area contributed by atoms with Crippen LogP contribution in [0, 0.1) is 6.92 Å². The van der Waals surface area contributed by atoms with Crippen molar-refractivity contribution in [1.29, 1.82) is 0 Å². The predicted octanol–water partition coefficient (Wildman–Crippen LogP) is 2.13. The molecule has 26 heavy (non-hydrogen) atoms. The molecule has 0 saturated carbocycles. The van der Waals surface area contributed by atoms with Crippen LogP contribution in [0.2, 0.25) is 0 Å². The van der Waals surface area contributed by atoms with Gasteiger partial charge in [0.25, 0.3) is 5.91 Å². The molecule has 2 N–H and O–H groups in total. The number of benzene rings is 2. The average Bonchev–Trinajstić information content (AvgIpc) is 3.08. The van der Waals surface area contributed by atoms with Crippen LogP contribution in [0.25, 0.3) is 0 Å². The predicted molar refractivity (Wildman–Crippen MR) is 93.3 cm³/mol. The first-order valence-corrected chi connectivity index (χ1v) is 8.32. The summed E-state index contributed by atoms with van der Waals surface area (Å²) in [6.45, 7) is 2.47. The summed E-state index contributed by atoms with van der Waals surface area (Å²) >= 11 is 0. The van der Waals surface area contributed by atoms with Crippen LogP contribution >= 0.6 is 0 Å². The van der Waals surface area contributed by atoms with Crippen molar-refractivity contribution in [2.24, 2.45) is 0 Å². The Balaban J connectivity index is 1.35. The van der Waals surface area contributed by atoms with Crippen LogP contribution in [0.1, 0.15) is 17.5 Å². The third-order valence-electron chi connectivity index (χ3n) is 4.25. The van der Waals surface area contributed by atoms with Gasteiger partial charge in [0.15, 0.2) is 17.6 Å². The summed E-state index contributed by atoms with van der Waals surface area (Å²) in [6.07, 6.45) is -0.897. The molecule has 0 radical (unpaired) electrons. The summed E-state index contributed by atoms with van der Waals surface area (Å²) < 4.78 is 16.2. The molecular weight excluding hydrogens is 336 g/mol. The van der Waals surface area contributed by atoms with Gasteiger partial charge in [-0.1, -0.05) is 12.1 Å². The van der Waals surface area contributed by atoms with Crippen molar-refractivity contribution in [2.75, 3.05) is 12.1 Å². The van der Waals surface area contributed by atoms with Crippen molar-refractivity contribution in [2.45, 2.75) is 26.0 Å². The van der Waals surface area contributed by atoms with Gasteiger partial charge in [0.05, 0.1) is 12.1 Å². The fraction of sp³-hybridized carbons (Fsp3) is 0.263. The second-order valence-corrected chi connectivity index (χ2v) is 6.26. The highest BCUT2D eigenvalue weighted by molar-refractivity contribution is 6.00. The summed E-state index contributed by atoms with van der Waals surface area (Å²) in [5.74, 6) is 1.35. The van der Waals surface area contributed by atoms with Gasteiger partial charge in [-0.25, -0.2) is 0 Å². The first-order valence-electron chi connectivity index (χ1n) is 8.32. The van der Waals surface area contributed by atoms with Gasteiger partial charge in [-0.15, -0.1) is 0 Å². The van der Waals surface area contributed by atoms with E-state index >= 15 is 0 Å². The number of rotatable bonds is 4. The summed E-state index contributed by atoms with van der Waals surface area (Å²) in [5.41, 5.74) is 2.54. The third kappa shape index (κ3) is 3.28. The molecule has 2 amide bonds. The van der Waals surface area contributed by atoms with E-state index in [1.54, 1.807) is 12.1 Å².